The maximum Gasteiger partial charge on any atom is 0.253 e. The summed E-state index contributed by atoms with van der Waals surface area (Å²) in [5.74, 6) is 0.994. The van der Waals surface area contributed by atoms with E-state index < -0.39 is 10.0 Å². The largest absolute Gasteiger partial charge is 0.486 e. The van der Waals surface area contributed by atoms with Crippen LogP contribution in [0.1, 0.15) is 23.2 Å². The Morgan fingerprint density at radius 2 is 1.84 bits per heavy atom. The van der Waals surface area contributed by atoms with Crippen LogP contribution < -0.4 is 19.7 Å². The topological polar surface area (TPSA) is 88.2 Å². The Bertz CT molecular complexity index is 1060. The molecular formula is C22H27N3O5S. The summed E-state index contributed by atoms with van der Waals surface area (Å²) in [5, 5.41) is 2.89. The third-order valence-corrected chi connectivity index (χ3v) is 7.31. The molecule has 2 aromatic carbocycles. The van der Waals surface area contributed by atoms with Crippen molar-refractivity contribution in [2.75, 3.05) is 45.2 Å². The molecule has 2 aromatic rings. The molecule has 8 nitrogen and oxygen atoms in total. The number of carbonyl (C=O) groups is 1. The average Bonchev–Trinajstić information content (AvgIpc) is 3.31. The Hall–Kier alpha value is -2.78. The van der Waals surface area contributed by atoms with Crippen LogP contribution in [0.25, 0.3) is 0 Å². The molecule has 0 unspecified atom stereocenters. The molecule has 0 bridgehead atoms. The molecule has 1 N–H and O–H groups in total. The molecule has 9 heteroatoms. The molecule has 31 heavy (non-hydrogen) atoms. The standard InChI is InChI=1S/C22H27N3O5S/c1-24(2)31(27,28)17-9-10-19(25-11-5-6-12-25)18(13-17)22(26)23-14-16-15-29-20-7-3-4-8-21(20)30-16/h3-4,7-10,13,16H,5-6,11-12,14-15H2,1-2H3,(H,23,26)/t16-/m0/s1. The number of amides is 1. The van der Waals surface area contributed by atoms with E-state index in [1.807, 2.05) is 24.3 Å². The van der Waals surface area contributed by atoms with Crippen LogP contribution in [0.3, 0.4) is 0 Å². The van der Waals surface area contributed by atoms with Gasteiger partial charge >= 0.3 is 0 Å². The van der Waals surface area contributed by atoms with Gasteiger partial charge in [0, 0.05) is 32.9 Å². The normalized spacial score (nSPS) is 18.3. The highest BCUT2D eigenvalue weighted by Crippen LogP contribution is 2.31. The number of benzene rings is 2. The first-order valence-corrected chi connectivity index (χ1v) is 11.8. The molecule has 1 atom stereocenters. The van der Waals surface area contributed by atoms with Gasteiger partial charge in [-0.2, -0.15) is 0 Å². The van der Waals surface area contributed by atoms with E-state index in [0.717, 1.165) is 35.9 Å². The van der Waals surface area contributed by atoms with Crippen molar-refractivity contribution in [1.29, 1.82) is 0 Å². The summed E-state index contributed by atoms with van der Waals surface area (Å²) >= 11 is 0. The highest BCUT2D eigenvalue weighted by molar-refractivity contribution is 7.89. The third kappa shape index (κ3) is 4.47. The highest BCUT2D eigenvalue weighted by Gasteiger charge is 2.26. The summed E-state index contributed by atoms with van der Waals surface area (Å²) in [5.41, 5.74) is 1.10. The minimum Gasteiger partial charge on any atom is -0.486 e. The van der Waals surface area contributed by atoms with Crippen molar-refractivity contribution < 1.29 is 22.7 Å². The number of sulfonamides is 1. The van der Waals surface area contributed by atoms with Crippen LogP contribution in [-0.2, 0) is 10.0 Å². The van der Waals surface area contributed by atoms with Crippen LogP contribution in [0.5, 0.6) is 11.5 Å². The van der Waals surface area contributed by atoms with Gasteiger partial charge in [-0.25, -0.2) is 12.7 Å². The Morgan fingerprint density at radius 1 is 1.13 bits per heavy atom. The van der Waals surface area contributed by atoms with Crippen LogP contribution in [0.2, 0.25) is 0 Å². The van der Waals surface area contributed by atoms with Gasteiger partial charge in [-0.1, -0.05) is 12.1 Å². The number of hydrogen-bond donors (Lipinski definition) is 1. The number of nitrogens with one attached hydrogen (secondary N) is 1. The molecule has 2 aliphatic heterocycles. The molecule has 2 heterocycles. The Morgan fingerprint density at radius 3 is 2.55 bits per heavy atom. The first-order valence-electron chi connectivity index (χ1n) is 10.3. The predicted molar refractivity (Wildman–Crippen MR) is 117 cm³/mol. The fourth-order valence-corrected chi connectivity index (χ4v) is 4.70. The SMILES string of the molecule is CN(C)S(=O)(=O)c1ccc(N2CCCC2)c(C(=O)NC[C@H]2COc3ccccc3O2)c1. The second-order valence-corrected chi connectivity index (χ2v) is 10.0. The van der Waals surface area contributed by atoms with Crippen LogP contribution in [0, 0.1) is 0 Å². The van der Waals surface area contributed by atoms with Crippen LogP contribution in [0.4, 0.5) is 5.69 Å². The number of fused-ring (bicyclic) bond motifs is 1. The lowest BCUT2D eigenvalue weighted by Gasteiger charge is -2.27. The van der Waals surface area contributed by atoms with E-state index in [0.29, 0.717) is 23.7 Å². The summed E-state index contributed by atoms with van der Waals surface area (Å²) in [6, 6.07) is 12.2. The van der Waals surface area contributed by atoms with Crippen molar-refractivity contribution in [2.45, 2.75) is 23.8 Å². The molecule has 1 fully saturated rings. The van der Waals surface area contributed by atoms with Gasteiger partial charge in [0.2, 0.25) is 10.0 Å². The second kappa shape index (κ2) is 8.76. The molecule has 1 saturated heterocycles. The molecule has 2 aliphatic rings. The maximum absolute atomic E-state index is 13.1. The van der Waals surface area contributed by atoms with E-state index in [-0.39, 0.29) is 23.5 Å². The first-order chi connectivity index (χ1) is 14.9. The zero-order valence-electron chi connectivity index (χ0n) is 17.7. The smallest absolute Gasteiger partial charge is 0.253 e. The number of rotatable bonds is 6. The fourth-order valence-electron chi connectivity index (χ4n) is 3.77. The Balaban J connectivity index is 1.54. The van der Waals surface area contributed by atoms with Gasteiger partial charge in [0.25, 0.3) is 5.91 Å². The minimum absolute atomic E-state index is 0.0942. The highest BCUT2D eigenvalue weighted by atomic mass is 32.2. The number of anilines is 1. The summed E-state index contributed by atoms with van der Waals surface area (Å²) in [6.45, 7) is 2.26. The Kier molecular flexibility index (Phi) is 6.06. The van der Waals surface area contributed by atoms with E-state index in [1.54, 1.807) is 12.1 Å². The quantitative estimate of drug-likeness (QED) is 0.733. The molecule has 0 spiro atoms. The molecule has 1 amide bonds. The number of ether oxygens (including phenoxy) is 2. The van der Waals surface area contributed by atoms with Gasteiger partial charge in [-0.3, -0.25) is 4.79 Å². The van der Waals surface area contributed by atoms with Crippen molar-refractivity contribution in [2.24, 2.45) is 0 Å². The summed E-state index contributed by atoms with van der Waals surface area (Å²) < 4.78 is 38.0. The predicted octanol–water partition coefficient (Wildman–Crippen LogP) is 2.11. The average molecular weight is 446 g/mol. The number of hydrogen-bond acceptors (Lipinski definition) is 6. The van der Waals surface area contributed by atoms with E-state index in [9.17, 15) is 13.2 Å². The molecule has 0 aromatic heterocycles. The molecule has 0 aliphatic carbocycles. The summed E-state index contributed by atoms with van der Waals surface area (Å²) in [7, 11) is -0.704. The number of nitrogens with zero attached hydrogens (tertiary/aromatic N) is 2. The number of carbonyl (C=O) groups excluding carboxylic acids is 1. The lowest BCUT2D eigenvalue weighted by molar-refractivity contribution is 0.0789. The van der Waals surface area contributed by atoms with Crippen molar-refractivity contribution in [1.82, 2.24) is 9.62 Å². The molecule has 0 saturated carbocycles. The van der Waals surface area contributed by atoms with Gasteiger partial charge in [-0.05, 0) is 43.2 Å². The molecule has 4 rings (SSSR count). The van der Waals surface area contributed by atoms with Crippen molar-refractivity contribution in [3.05, 3.63) is 48.0 Å². The molecular weight excluding hydrogens is 418 g/mol. The molecule has 0 radical (unpaired) electrons. The summed E-state index contributed by atoms with van der Waals surface area (Å²) in [4.78, 5) is 15.3. The van der Waals surface area contributed by atoms with Crippen LogP contribution in [-0.4, -0.2) is 65.1 Å². The first kappa shape index (κ1) is 21.5. The van der Waals surface area contributed by atoms with Gasteiger partial charge in [0.1, 0.15) is 12.7 Å². The van der Waals surface area contributed by atoms with Gasteiger partial charge in [0.15, 0.2) is 11.5 Å². The van der Waals surface area contributed by atoms with Crippen molar-refractivity contribution in [3.63, 3.8) is 0 Å². The van der Waals surface area contributed by atoms with E-state index in [1.165, 1.54) is 20.2 Å². The zero-order valence-corrected chi connectivity index (χ0v) is 18.5. The lowest BCUT2D eigenvalue weighted by Crippen LogP contribution is -2.41. The van der Waals surface area contributed by atoms with Crippen LogP contribution in [0.15, 0.2) is 47.4 Å². The summed E-state index contributed by atoms with van der Waals surface area (Å²) in [6.07, 6.45) is 1.76. The van der Waals surface area contributed by atoms with E-state index >= 15 is 0 Å². The minimum atomic E-state index is -3.65. The van der Waals surface area contributed by atoms with E-state index in [2.05, 4.69) is 10.2 Å². The second-order valence-electron chi connectivity index (χ2n) is 7.87. The lowest BCUT2D eigenvalue weighted by atomic mass is 10.1. The fraction of sp³-hybridized carbons (Fsp3) is 0.409. The zero-order chi connectivity index (χ0) is 22.0. The Labute approximate surface area is 182 Å². The van der Waals surface area contributed by atoms with E-state index in [4.69, 9.17) is 9.47 Å². The number of para-hydroxylation sites is 2. The van der Waals surface area contributed by atoms with Gasteiger partial charge < -0.3 is 19.7 Å². The maximum atomic E-state index is 13.1. The van der Waals surface area contributed by atoms with Gasteiger partial charge in [-0.15, -0.1) is 0 Å². The third-order valence-electron chi connectivity index (χ3n) is 5.50. The van der Waals surface area contributed by atoms with Crippen molar-refractivity contribution in [3.8, 4) is 11.5 Å². The van der Waals surface area contributed by atoms with Crippen LogP contribution >= 0.6 is 0 Å². The molecule has 166 valence electrons. The van der Waals surface area contributed by atoms with Gasteiger partial charge in [0.05, 0.1) is 17.0 Å². The monoisotopic (exact) mass is 445 g/mol. The van der Waals surface area contributed by atoms with Crippen molar-refractivity contribution >= 4 is 21.6 Å².